The van der Waals surface area contributed by atoms with E-state index in [0.29, 0.717) is 16.9 Å². The number of ketones is 1. The summed E-state index contributed by atoms with van der Waals surface area (Å²) < 4.78 is 13.7. The molecule has 5 nitrogen and oxygen atoms in total. The molecule has 0 fully saturated rings. The predicted octanol–water partition coefficient (Wildman–Crippen LogP) is 4.42. The minimum Gasteiger partial charge on any atom is -0.354 e. The largest absolute Gasteiger partial charge is 0.354 e. The summed E-state index contributed by atoms with van der Waals surface area (Å²) in [5, 5.41) is 5.62. The van der Waals surface area contributed by atoms with Crippen molar-refractivity contribution >= 4 is 28.8 Å². The number of halogens is 1. The Morgan fingerprint density at radius 2 is 1.69 bits per heavy atom. The SMILES string of the molecule is CC(=O)c1cccc(Nc2cncc(C(=O)Nc3ccccc3F)c2)c1. The van der Waals surface area contributed by atoms with Crippen molar-refractivity contribution in [2.75, 3.05) is 10.6 Å². The summed E-state index contributed by atoms with van der Waals surface area (Å²) in [7, 11) is 0. The van der Waals surface area contributed by atoms with E-state index in [1.165, 1.54) is 25.3 Å². The van der Waals surface area contributed by atoms with Crippen LogP contribution in [0.3, 0.4) is 0 Å². The van der Waals surface area contributed by atoms with Crippen LogP contribution in [0.15, 0.2) is 67.0 Å². The molecule has 0 atom stereocenters. The lowest BCUT2D eigenvalue weighted by Gasteiger charge is -2.10. The Labute approximate surface area is 149 Å². The first-order valence-electron chi connectivity index (χ1n) is 7.92. The van der Waals surface area contributed by atoms with E-state index in [4.69, 9.17) is 0 Å². The molecule has 1 aromatic heterocycles. The number of carbonyl (C=O) groups is 2. The third-order valence-corrected chi connectivity index (χ3v) is 3.68. The zero-order valence-corrected chi connectivity index (χ0v) is 14.0. The molecule has 0 spiro atoms. The Bertz CT molecular complexity index is 973. The molecule has 26 heavy (non-hydrogen) atoms. The quantitative estimate of drug-likeness (QED) is 0.669. The molecule has 1 heterocycles. The first-order chi connectivity index (χ1) is 12.5. The number of aromatic nitrogens is 1. The van der Waals surface area contributed by atoms with E-state index in [2.05, 4.69) is 15.6 Å². The second-order valence-corrected chi connectivity index (χ2v) is 5.66. The highest BCUT2D eigenvalue weighted by Gasteiger charge is 2.10. The highest BCUT2D eigenvalue weighted by atomic mass is 19.1. The molecule has 0 unspecified atom stereocenters. The first kappa shape index (κ1) is 17.3. The first-order valence-corrected chi connectivity index (χ1v) is 7.92. The minimum atomic E-state index is -0.510. The molecule has 6 heteroatoms. The summed E-state index contributed by atoms with van der Waals surface area (Å²) in [5.74, 6) is -1.02. The van der Waals surface area contributed by atoms with Gasteiger partial charge >= 0.3 is 0 Å². The van der Waals surface area contributed by atoms with Gasteiger partial charge in [0.05, 0.1) is 23.1 Å². The second-order valence-electron chi connectivity index (χ2n) is 5.66. The molecule has 2 N–H and O–H groups in total. The molecule has 0 aliphatic heterocycles. The fraction of sp³-hybridized carbons (Fsp3) is 0.0500. The summed E-state index contributed by atoms with van der Waals surface area (Å²) in [6.07, 6.45) is 2.95. The molecule has 2 aromatic carbocycles. The van der Waals surface area contributed by atoms with Crippen LogP contribution in [0.2, 0.25) is 0 Å². The van der Waals surface area contributed by atoms with Gasteiger partial charge in [0.2, 0.25) is 0 Å². The number of hydrogen-bond acceptors (Lipinski definition) is 4. The molecule has 0 aliphatic rings. The molecule has 1 amide bonds. The molecule has 0 bridgehead atoms. The third-order valence-electron chi connectivity index (χ3n) is 3.68. The van der Waals surface area contributed by atoms with E-state index in [1.54, 1.807) is 48.7 Å². The van der Waals surface area contributed by atoms with Crippen molar-refractivity contribution in [1.82, 2.24) is 4.98 Å². The van der Waals surface area contributed by atoms with E-state index >= 15 is 0 Å². The summed E-state index contributed by atoms with van der Waals surface area (Å²) in [5.41, 5.74) is 2.24. The molecular weight excluding hydrogens is 333 g/mol. The van der Waals surface area contributed by atoms with Gasteiger partial charge in [0, 0.05) is 17.4 Å². The van der Waals surface area contributed by atoms with Crippen LogP contribution in [-0.4, -0.2) is 16.7 Å². The van der Waals surface area contributed by atoms with Crippen LogP contribution in [0, 0.1) is 5.82 Å². The van der Waals surface area contributed by atoms with Gasteiger partial charge in [-0.2, -0.15) is 0 Å². The van der Waals surface area contributed by atoms with Crippen molar-refractivity contribution in [3.8, 4) is 0 Å². The molecule has 0 saturated heterocycles. The number of rotatable bonds is 5. The van der Waals surface area contributed by atoms with Gasteiger partial charge in [-0.3, -0.25) is 14.6 Å². The molecule has 0 saturated carbocycles. The number of anilines is 3. The van der Waals surface area contributed by atoms with Gasteiger partial charge in [0.1, 0.15) is 5.82 Å². The normalized spacial score (nSPS) is 10.2. The number of nitrogens with zero attached hydrogens (tertiary/aromatic N) is 1. The predicted molar refractivity (Wildman–Crippen MR) is 98.3 cm³/mol. The molecule has 3 aromatic rings. The number of hydrogen-bond donors (Lipinski definition) is 2. The van der Waals surface area contributed by atoms with Crippen LogP contribution in [0.1, 0.15) is 27.6 Å². The second kappa shape index (κ2) is 7.57. The van der Waals surface area contributed by atoms with Gasteiger partial charge in [-0.15, -0.1) is 0 Å². The lowest BCUT2D eigenvalue weighted by molar-refractivity contribution is 0.101. The lowest BCUT2D eigenvalue weighted by Crippen LogP contribution is -2.13. The summed E-state index contributed by atoms with van der Waals surface area (Å²) >= 11 is 0. The summed E-state index contributed by atoms with van der Waals surface area (Å²) in [6.45, 7) is 1.49. The zero-order chi connectivity index (χ0) is 18.5. The van der Waals surface area contributed by atoms with Crippen LogP contribution in [0.25, 0.3) is 0 Å². The molecule has 3 rings (SSSR count). The minimum absolute atomic E-state index is 0.0372. The summed E-state index contributed by atoms with van der Waals surface area (Å²) in [6, 6.07) is 14.6. The Morgan fingerprint density at radius 1 is 0.923 bits per heavy atom. The van der Waals surface area contributed by atoms with Gasteiger partial charge in [-0.05, 0) is 37.3 Å². The number of nitrogens with one attached hydrogen (secondary N) is 2. The van der Waals surface area contributed by atoms with E-state index < -0.39 is 11.7 Å². The van der Waals surface area contributed by atoms with Crippen molar-refractivity contribution < 1.29 is 14.0 Å². The third kappa shape index (κ3) is 4.10. The van der Waals surface area contributed by atoms with Crippen molar-refractivity contribution in [3.05, 3.63) is 83.9 Å². The maximum atomic E-state index is 13.7. The smallest absolute Gasteiger partial charge is 0.257 e. The number of pyridine rings is 1. The average molecular weight is 349 g/mol. The highest BCUT2D eigenvalue weighted by molar-refractivity contribution is 6.04. The Morgan fingerprint density at radius 3 is 2.46 bits per heavy atom. The Balaban J connectivity index is 1.78. The van der Waals surface area contributed by atoms with Crippen LogP contribution in [-0.2, 0) is 0 Å². The number of amides is 1. The molecule has 130 valence electrons. The zero-order valence-electron chi connectivity index (χ0n) is 14.0. The number of Topliss-reactive ketones (excluding diaryl/α,β-unsaturated/α-hetero) is 1. The van der Waals surface area contributed by atoms with Crippen molar-refractivity contribution in [2.45, 2.75) is 6.92 Å². The average Bonchev–Trinajstić information content (AvgIpc) is 2.64. The standard InChI is InChI=1S/C20H16FN3O2/c1-13(25)14-5-4-6-16(9-14)23-17-10-15(11-22-12-17)20(26)24-19-8-3-2-7-18(19)21/h2-12,23H,1H3,(H,24,26). The number of benzene rings is 2. The fourth-order valence-corrected chi connectivity index (χ4v) is 2.37. The van der Waals surface area contributed by atoms with Crippen molar-refractivity contribution in [1.29, 1.82) is 0 Å². The highest BCUT2D eigenvalue weighted by Crippen LogP contribution is 2.19. The molecule has 0 radical (unpaired) electrons. The van der Waals surface area contributed by atoms with Crippen LogP contribution >= 0.6 is 0 Å². The van der Waals surface area contributed by atoms with E-state index in [1.807, 2.05) is 0 Å². The van der Waals surface area contributed by atoms with Gasteiger partial charge < -0.3 is 10.6 Å². The van der Waals surface area contributed by atoms with Crippen LogP contribution in [0.5, 0.6) is 0 Å². The van der Waals surface area contributed by atoms with E-state index in [9.17, 15) is 14.0 Å². The van der Waals surface area contributed by atoms with Crippen molar-refractivity contribution in [3.63, 3.8) is 0 Å². The van der Waals surface area contributed by atoms with Gasteiger partial charge in [0.25, 0.3) is 5.91 Å². The molecular formula is C20H16FN3O2. The maximum absolute atomic E-state index is 13.7. The van der Waals surface area contributed by atoms with E-state index in [0.717, 1.165) is 0 Å². The van der Waals surface area contributed by atoms with Gasteiger partial charge in [-0.1, -0.05) is 24.3 Å². The van der Waals surface area contributed by atoms with E-state index in [-0.39, 0.29) is 17.0 Å². The number of carbonyl (C=O) groups excluding carboxylic acids is 2. The summed E-state index contributed by atoms with van der Waals surface area (Å²) in [4.78, 5) is 27.8. The fourth-order valence-electron chi connectivity index (χ4n) is 2.37. The Kier molecular flexibility index (Phi) is 5.03. The van der Waals surface area contributed by atoms with Crippen LogP contribution < -0.4 is 10.6 Å². The van der Waals surface area contributed by atoms with Crippen molar-refractivity contribution in [2.24, 2.45) is 0 Å². The van der Waals surface area contributed by atoms with Gasteiger partial charge in [-0.25, -0.2) is 4.39 Å². The Hall–Kier alpha value is -3.54. The monoisotopic (exact) mass is 349 g/mol. The maximum Gasteiger partial charge on any atom is 0.257 e. The number of para-hydroxylation sites is 1. The molecule has 0 aliphatic carbocycles. The topological polar surface area (TPSA) is 71.1 Å². The lowest BCUT2D eigenvalue weighted by atomic mass is 10.1. The van der Waals surface area contributed by atoms with Crippen LogP contribution in [0.4, 0.5) is 21.5 Å². The van der Waals surface area contributed by atoms with Gasteiger partial charge in [0.15, 0.2) is 5.78 Å².